The quantitative estimate of drug-likeness (QED) is 0.257. The lowest BCUT2D eigenvalue weighted by atomic mass is 10.1. The van der Waals surface area contributed by atoms with E-state index in [1.165, 1.54) is 32.4 Å². The van der Waals surface area contributed by atoms with E-state index in [9.17, 15) is 0 Å². The number of rotatable bonds is 9. The van der Waals surface area contributed by atoms with E-state index in [1.54, 1.807) is 0 Å². The highest BCUT2D eigenvalue weighted by molar-refractivity contribution is 14.0. The third-order valence-electron chi connectivity index (χ3n) is 3.47. The van der Waals surface area contributed by atoms with E-state index in [1.807, 2.05) is 0 Å². The van der Waals surface area contributed by atoms with Gasteiger partial charge in [-0.15, -0.1) is 24.0 Å². The molecule has 1 saturated heterocycles. The number of hydrogen-bond acceptors (Lipinski definition) is 3. The molecule has 0 radical (unpaired) electrons. The van der Waals surface area contributed by atoms with E-state index in [-0.39, 0.29) is 24.0 Å². The second-order valence-electron chi connectivity index (χ2n) is 6.06. The Morgan fingerprint density at radius 3 is 2.55 bits per heavy atom. The molecule has 0 bridgehead atoms. The van der Waals surface area contributed by atoms with E-state index in [4.69, 9.17) is 4.74 Å². The van der Waals surface area contributed by atoms with Crippen LogP contribution in [0.15, 0.2) is 4.99 Å². The van der Waals surface area contributed by atoms with Gasteiger partial charge in [-0.2, -0.15) is 0 Å². The summed E-state index contributed by atoms with van der Waals surface area (Å²) in [4.78, 5) is 7.15. The molecule has 6 heteroatoms. The first-order valence-electron chi connectivity index (χ1n) is 8.54. The molecule has 0 amide bonds. The maximum absolute atomic E-state index is 5.57. The van der Waals surface area contributed by atoms with Gasteiger partial charge in [-0.1, -0.05) is 20.3 Å². The van der Waals surface area contributed by atoms with Gasteiger partial charge >= 0.3 is 0 Å². The summed E-state index contributed by atoms with van der Waals surface area (Å²) in [6, 6.07) is 0. The van der Waals surface area contributed by atoms with Crippen LogP contribution in [0.5, 0.6) is 0 Å². The van der Waals surface area contributed by atoms with E-state index in [0.717, 1.165) is 45.4 Å². The molecule has 2 N–H and O–H groups in total. The minimum atomic E-state index is 0. The lowest BCUT2D eigenvalue weighted by molar-refractivity contribution is 0.114. The SMILES string of the molecule is CCNC(=NCCN1CCCCC1)NCCOCC(C)C.I. The minimum absolute atomic E-state index is 0. The molecule has 0 aromatic carbocycles. The molecule has 1 aliphatic rings. The summed E-state index contributed by atoms with van der Waals surface area (Å²) in [6.07, 6.45) is 4.07. The van der Waals surface area contributed by atoms with Gasteiger partial charge in [0.05, 0.1) is 13.2 Å². The first-order valence-corrected chi connectivity index (χ1v) is 8.54. The maximum atomic E-state index is 5.57. The highest BCUT2D eigenvalue weighted by Crippen LogP contribution is 2.07. The number of ether oxygens (including phenoxy) is 1. The fourth-order valence-corrected chi connectivity index (χ4v) is 2.39. The van der Waals surface area contributed by atoms with Gasteiger partial charge in [0.15, 0.2) is 5.96 Å². The first-order chi connectivity index (χ1) is 10.2. The Hall–Kier alpha value is -0.0800. The minimum Gasteiger partial charge on any atom is -0.379 e. The third-order valence-corrected chi connectivity index (χ3v) is 3.47. The van der Waals surface area contributed by atoms with E-state index < -0.39 is 0 Å². The van der Waals surface area contributed by atoms with Gasteiger partial charge < -0.3 is 20.3 Å². The normalized spacial score (nSPS) is 16.5. The summed E-state index contributed by atoms with van der Waals surface area (Å²) in [5.41, 5.74) is 0. The molecule has 0 saturated carbocycles. The fraction of sp³-hybridized carbons (Fsp3) is 0.938. The van der Waals surface area contributed by atoms with E-state index in [0.29, 0.717) is 5.92 Å². The van der Waals surface area contributed by atoms with Crippen molar-refractivity contribution in [1.82, 2.24) is 15.5 Å². The van der Waals surface area contributed by atoms with Crippen LogP contribution in [0.2, 0.25) is 0 Å². The molecule has 0 spiro atoms. The molecule has 1 heterocycles. The highest BCUT2D eigenvalue weighted by Gasteiger charge is 2.08. The Balaban J connectivity index is 0.00000441. The van der Waals surface area contributed by atoms with Gasteiger partial charge in [0, 0.05) is 26.2 Å². The summed E-state index contributed by atoms with van der Waals surface area (Å²) in [6.45, 7) is 14.1. The molecule has 22 heavy (non-hydrogen) atoms. The second-order valence-corrected chi connectivity index (χ2v) is 6.06. The Bertz CT molecular complexity index is 281. The first kappa shape index (κ1) is 21.9. The van der Waals surface area contributed by atoms with Crippen LogP contribution in [0, 0.1) is 5.92 Å². The van der Waals surface area contributed by atoms with Crippen LogP contribution in [-0.2, 0) is 4.74 Å². The molecular weight excluding hydrogens is 391 g/mol. The number of halogens is 1. The number of hydrogen-bond donors (Lipinski definition) is 2. The van der Waals surface area contributed by atoms with Crippen molar-refractivity contribution < 1.29 is 4.74 Å². The van der Waals surface area contributed by atoms with Crippen LogP contribution in [-0.4, -0.2) is 63.3 Å². The Morgan fingerprint density at radius 1 is 1.18 bits per heavy atom. The summed E-state index contributed by atoms with van der Waals surface area (Å²) < 4.78 is 5.57. The van der Waals surface area contributed by atoms with E-state index in [2.05, 4.69) is 41.3 Å². The highest BCUT2D eigenvalue weighted by atomic mass is 127. The fourth-order valence-electron chi connectivity index (χ4n) is 2.39. The van der Waals surface area contributed by atoms with Crippen molar-refractivity contribution >= 4 is 29.9 Å². The summed E-state index contributed by atoms with van der Waals surface area (Å²) in [5.74, 6) is 1.50. The molecule has 0 aromatic rings. The number of likely N-dealkylation sites (tertiary alicyclic amines) is 1. The summed E-state index contributed by atoms with van der Waals surface area (Å²) in [7, 11) is 0. The zero-order valence-electron chi connectivity index (χ0n) is 14.6. The van der Waals surface area contributed by atoms with Crippen molar-refractivity contribution in [3.63, 3.8) is 0 Å². The predicted octanol–water partition coefficient (Wildman–Crippen LogP) is 2.32. The smallest absolute Gasteiger partial charge is 0.191 e. The lowest BCUT2D eigenvalue weighted by Crippen LogP contribution is -2.40. The molecule has 5 nitrogen and oxygen atoms in total. The third kappa shape index (κ3) is 11.5. The van der Waals surface area contributed by atoms with Gasteiger partial charge in [0.1, 0.15) is 0 Å². The maximum Gasteiger partial charge on any atom is 0.191 e. The topological polar surface area (TPSA) is 48.9 Å². The van der Waals surface area contributed by atoms with Crippen molar-refractivity contribution in [3.05, 3.63) is 0 Å². The summed E-state index contributed by atoms with van der Waals surface area (Å²) in [5, 5.41) is 6.61. The van der Waals surface area contributed by atoms with Crippen LogP contribution in [0.1, 0.15) is 40.0 Å². The van der Waals surface area contributed by atoms with Crippen LogP contribution < -0.4 is 10.6 Å². The number of nitrogens with one attached hydrogen (secondary N) is 2. The molecule has 0 atom stereocenters. The number of guanidine groups is 1. The molecule has 1 fully saturated rings. The molecule has 132 valence electrons. The molecule has 1 aliphatic heterocycles. The van der Waals surface area contributed by atoms with Gasteiger partial charge in [-0.3, -0.25) is 4.99 Å². The molecule has 0 aromatic heterocycles. The zero-order chi connectivity index (χ0) is 15.3. The average molecular weight is 426 g/mol. The van der Waals surface area contributed by atoms with Crippen molar-refractivity contribution in [2.75, 3.05) is 52.5 Å². The van der Waals surface area contributed by atoms with Crippen molar-refractivity contribution in [2.24, 2.45) is 10.9 Å². The van der Waals surface area contributed by atoms with Gasteiger partial charge in [-0.05, 0) is 38.8 Å². The number of aliphatic imine (C=N–C) groups is 1. The monoisotopic (exact) mass is 426 g/mol. The molecule has 1 rings (SSSR count). The molecule has 0 aliphatic carbocycles. The Kier molecular flexibility index (Phi) is 14.5. The Labute approximate surface area is 153 Å². The van der Waals surface area contributed by atoms with Crippen LogP contribution in [0.3, 0.4) is 0 Å². The van der Waals surface area contributed by atoms with Crippen LogP contribution >= 0.6 is 24.0 Å². The lowest BCUT2D eigenvalue weighted by Gasteiger charge is -2.25. The number of piperidine rings is 1. The van der Waals surface area contributed by atoms with Gasteiger partial charge in [0.2, 0.25) is 0 Å². The van der Waals surface area contributed by atoms with Gasteiger partial charge in [0.25, 0.3) is 0 Å². The zero-order valence-corrected chi connectivity index (χ0v) is 16.9. The van der Waals surface area contributed by atoms with Crippen molar-refractivity contribution in [3.8, 4) is 0 Å². The van der Waals surface area contributed by atoms with E-state index >= 15 is 0 Å². The van der Waals surface area contributed by atoms with Crippen LogP contribution in [0.25, 0.3) is 0 Å². The molecular formula is C16H35IN4O. The predicted molar refractivity (Wildman–Crippen MR) is 105 cm³/mol. The standard InChI is InChI=1S/C16H34N4O.HI/c1-4-17-16(19-9-13-21-14-15(2)3)18-8-12-20-10-6-5-7-11-20;/h15H,4-14H2,1-3H3,(H2,17,18,19);1H. The van der Waals surface area contributed by atoms with Crippen molar-refractivity contribution in [2.45, 2.75) is 40.0 Å². The van der Waals surface area contributed by atoms with Gasteiger partial charge in [-0.25, -0.2) is 0 Å². The average Bonchev–Trinajstić information content (AvgIpc) is 2.47. The molecule has 0 unspecified atom stereocenters. The number of nitrogens with zero attached hydrogens (tertiary/aromatic N) is 2. The summed E-state index contributed by atoms with van der Waals surface area (Å²) >= 11 is 0. The Morgan fingerprint density at radius 2 is 1.91 bits per heavy atom. The second kappa shape index (κ2) is 14.5. The largest absolute Gasteiger partial charge is 0.379 e. The van der Waals surface area contributed by atoms with Crippen molar-refractivity contribution in [1.29, 1.82) is 0 Å². The van der Waals surface area contributed by atoms with Crippen LogP contribution in [0.4, 0.5) is 0 Å².